The van der Waals surface area contributed by atoms with E-state index in [4.69, 9.17) is 33.9 Å². The van der Waals surface area contributed by atoms with Gasteiger partial charge in [-0.1, -0.05) is 69.6 Å². The summed E-state index contributed by atoms with van der Waals surface area (Å²) >= 11 is 0. The van der Waals surface area contributed by atoms with Gasteiger partial charge in [0.1, 0.15) is 17.8 Å². The van der Waals surface area contributed by atoms with E-state index in [-0.39, 0.29) is 30.7 Å². The first-order valence-corrected chi connectivity index (χ1v) is 25.7. The number of carbonyl (C=O) groups is 2. The van der Waals surface area contributed by atoms with E-state index >= 15 is 0 Å². The Morgan fingerprint density at radius 3 is 1.64 bits per heavy atom. The minimum absolute atomic E-state index is 0.0240. The summed E-state index contributed by atoms with van der Waals surface area (Å²) in [6, 6.07) is 21.1. The predicted octanol–water partition coefficient (Wildman–Crippen LogP) is 12.3. The molecule has 4 aromatic rings. The van der Waals surface area contributed by atoms with E-state index in [9.17, 15) is 14.7 Å². The standard InChI is InChI=1S/C57H76N2O10/c1-58(30-18-14-10-6-8-12-16-20-53(60)61)32-28-42-37-49(66-4)51-39-45(42)46(58)34-40-22-25-44(26-23-40)68-50-36-41(24-27-48(50)65-3)35-47-55-43(38-52(67-5)56(64)57(55)69-51)29-33-59(47,2)31-19-15-11-7-9-13-17-21-54(62)63/h22-27,36-39,46-47H,6-21,28-35H2,1-5H3,(H-2,60,61,62,63,64)/p+2. The van der Waals surface area contributed by atoms with E-state index in [0.29, 0.717) is 40.9 Å². The summed E-state index contributed by atoms with van der Waals surface area (Å²) in [5, 5.41) is 30.4. The molecule has 8 rings (SSSR count). The van der Waals surface area contributed by atoms with Crippen LogP contribution in [-0.2, 0) is 35.3 Å². The molecule has 374 valence electrons. The highest BCUT2D eigenvalue weighted by molar-refractivity contribution is 5.67. The van der Waals surface area contributed by atoms with Crippen molar-refractivity contribution in [2.45, 2.75) is 141 Å². The highest BCUT2D eigenvalue weighted by Crippen LogP contribution is 2.53. The number of hydrogen-bond acceptors (Lipinski definition) is 8. The maximum atomic E-state index is 12.3. The molecule has 0 fully saturated rings. The van der Waals surface area contributed by atoms with Crippen molar-refractivity contribution in [3.8, 4) is 46.0 Å². The average Bonchev–Trinajstić information content (AvgIpc) is 3.33. The van der Waals surface area contributed by atoms with Gasteiger partial charge in [-0.25, -0.2) is 0 Å². The van der Waals surface area contributed by atoms with Gasteiger partial charge in [0.2, 0.25) is 5.75 Å². The predicted molar refractivity (Wildman–Crippen MR) is 269 cm³/mol. The molecule has 4 aromatic carbocycles. The van der Waals surface area contributed by atoms with E-state index in [1.807, 2.05) is 12.1 Å². The number of quaternary nitrogens is 2. The first-order valence-electron chi connectivity index (χ1n) is 25.7. The van der Waals surface area contributed by atoms with Gasteiger partial charge in [0.05, 0.1) is 67.2 Å². The molecule has 4 atom stereocenters. The van der Waals surface area contributed by atoms with Crippen LogP contribution in [0.2, 0.25) is 0 Å². The number of likely N-dealkylation sites (N-methyl/N-ethyl adjacent to an activating group) is 2. The minimum Gasteiger partial charge on any atom is -0.502 e. The van der Waals surface area contributed by atoms with Gasteiger partial charge in [-0.2, -0.15) is 0 Å². The normalized spacial score (nSPS) is 20.4. The van der Waals surface area contributed by atoms with Crippen molar-refractivity contribution in [1.82, 2.24) is 0 Å². The Morgan fingerprint density at radius 1 is 0.565 bits per heavy atom. The van der Waals surface area contributed by atoms with Crippen molar-refractivity contribution in [2.75, 3.05) is 61.6 Å². The highest BCUT2D eigenvalue weighted by Gasteiger charge is 2.44. The van der Waals surface area contributed by atoms with E-state index < -0.39 is 11.9 Å². The van der Waals surface area contributed by atoms with Gasteiger partial charge in [-0.15, -0.1) is 0 Å². The number of nitrogens with zero attached hydrogens (tertiary/aromatic N) is 2. The SMILES string of the molecule is COc1ccc2cc1Oc1ccc(cc1)CC1c3cc(c(OC)cc3CC[N+]1(C)CCCCCCCCCC(=O)O)Oc1c(O)c(OC)cc3c1C(C2)[N+](C)(CCCCCCCCCC(=O)O)CC3. The number of phenolic OH excluding ortho intramolecular Hbond substituents is 1. The Kier molecular flexibility index (Phi) is 17.8. The first kappa shape index (κ1) is 51.4. The van der Waals surface area contributed by atoms with Crippen LogP contribution in [0.4, 0.5) is 0 Å². The fraction of sp³-hybridized carbons (Fsp3) is 0.544. The molecule has 4 aliphatic heterocycles. The first-order chi connectivity index (χ1) is 33.3. The molecule has 3 N–H and O–H groups in total. The number of carboxylic acids is 2. The van der Waals surface area contributed by atoms with E-state index in [1.165, 1.54) is 16.7 Å². The van der Waals surface area contributed by atoms with E-state index in [2.05, 4.69) is 62.6 Å². The van der Waals surface area contributed by atoms with Crippen molar-refractivity contribution in [2.24, 2.45) is 0 Å². The second kappa shape index (κ2) is 23.9. The molecule has 0 amide bonds. The summed E-state index contributed by atoms with van der Waals surface area (Å²) in [4.78, 5) is 22.0. The molecule has 0 spiro atoms. The highest BCUT2D eigenvalue weighted by atomic mass is 16.5. The van der Waals surface area contributed by atoms with Crippen LogP contribution in [0.1, 0.15) is 148 Å². The second-order valence-corrected chi connectivity index (χ2v) is 20.4. The van der Waals surface area contributed by atoms with Crippen molar-refractivity contribution in [3.05, 3.63) is 94.0 Å². The van der Waals surface area contributed by atoms with Gasteiger partial charge < -0.3 is 48.0 Å². The number of aliphatic carboxylic acids is 2. The van der Waals surface area contributed by atoms with Crippen molar-refractivity contribution < 1.29 is 57.6 Å². The van der Waals surface area contributed by atoms with Gasteiger partial charge in [0, 0.05) is 44.1 Å². The Hall–Kier alpha value is -5.46. The van der Waals surface area contributed by atoms with Crippen LogP contribution in [0.25, 0.3) is 0 Å². The molecule has 69 heavy (non-hydrogen) atoms. The van der Waals surface area contributed by atoms with Crippen LogP contribution >= 0.6 is 0 Å². The topological polar surface area (TPSA) is 141 Å². The molecule has 6 bridgehead atoms. The van der Waals surface area contributed by atoms with Crippen molar-refractivity contribution >= 4 is 11.9 Å². The molecule has 12 nitrogen and oxygen atoms in total. The lowest BCUT2D eigenvalue weighted by atomic mass is 9.84. The average molecular weight is 951 g/mol. The van der Waals surface area contributed by atoms with Crippen LogP contribution in [-0.4, -0.2) is 97.8 Å². The molecule has 4 unspecified atom stereocenters. The van der Waals surface area contributed by atoms with Crippen LogP contribution in [0.5, 0.6) is 46.0 Å². The Morgan fingerprint density at radius 2 is 1.06 bits per heavy atom. The number of unbranched alkanes of at least 4 members (excludes halogenated alkanes) is 12. The van der Waals surface area contributed by atoms with Crippen LogP contribution < -0.4 is 23.7 Å². The Balaban J connectivity index is 1.26. The van der Waals surface area contributed by atoms with Gasteiger partial charge in [0.25, 0.3) is 0 Å². The summed E-state index contributed by atoms with van der Waals surface area (Å²) in [5.41, 5.74) is 6.85. The van der Waals surface area contributed by atoms with Crippen LogP contribution in [0.15, 0.2) is 60.7 Å². The lowest BCUT2D eigenvalue weighted by molar-refractivity contribution is -0.941. The van der Waals surface area contributed by atoms with Gasteiger partial charge in [-0.3, -0.25) is 9.59 Å². The minimum atomic E-state index is -0.723. The number of ether oxygens (including phenoxy) is 5. The second-order valence-electron chi connectivity index (χ2n) is 20.4. The van der Waals surface area contributed by atoms with Gasteiger partial charge in [0.15, 0.2) is 34.5 Å². The summed E-state index contributed by atoms with van der Waals surface area (Å²) in [7, 11) is 9.72. The fourth-order valence-electron chi connectivity index (χ4n) is 11.4. The lowest BCUT2D eigenvalue weighted by Gasteiger charge is -2.47. The van der Waals surface area contributed by atoms with Gasteiger partial charge in [-0.05, 0) is 103 Å². The monoisotopic (exact) mass is 951 g/mol. The molecule has 12 heteroatoms. The summed E-state index contributed by atoms with van der Waals surface area (Å²) in [6.07, 6.45) is 18.0. The number of carboxylic acid groups (broad SMARTS) is 2. The molecular formula is C57H78N2O10+2. The molecule has 0 aromatic heterocycles. The largest absolute Gasteiger partial charge is 0.502 e. The number of fused-ring (bicyclic) bond motifs is 2. The Labute approximate surface area is 410 Å². The van der Waals surface area contributed by atoms with E-state index in [1.54, 1.807) is 21.3 Å². The van der Waals surface area contributed by atoms with Crippen molar-refractivity contribution in [3.63, 3.8) is 0 Å². The number of aromatic hydroxyl groups is 1. The van der Waals surface area contributed by atoms with Crippen LogP contribution in [0.3, 0.4) is 0 Å². The lowest BCUT2D eigenvalue weighted by Crippen LogP contribution is -2.52. The van der Waals surface area contributed by atoms with E-state index in [0.717, 1.165) is 167 Å². The third-order valence-electron chi connectivity index (χ3n) is 15.5. The number of hydrogen-bond donors (Lipinski definition) is 3. The zero-order valence-electron chi connectivity index (χ0n) is 42.0. The third-order valence-corrected chi connectivity index (χ3v) is 15.5. The molecule has 0 saturated heterocycles. The fourth-order valence-corrected chi connectivity index (χ4v) is 11.4. The third kappa shape index (κ3) is 12.9. The maximum absolute atomic E-state index is 12.3. The zero-order chi connectivity index (χ0) is 49.0. The maximum Gasteiger partial charge on any atom is 0.303 e. The van der Waals surface area contributed by atoms with Gasteiger partial charge >= 0.3 is 11.9 Å². The molecule has 4 aliphatic rings. The zero-order valence-corrected chi connectivity index (χ0v) is 42.0. The quantitative estimate of drug-likeness (QED) is 0.0486. The Bertz CT molecular complexity index is 2370. The van der Waals surface area contributed by atoms with Crippen molar-refractivity contribution in [1.29, 1.82) is 0 Å². The summed E-state index contributed by atoms with van der Waals surface area (Å²) < 4.78 is 33.4. The molecule has 0 saturated carbocycles. The number of rotatable bonds is 23. The molecule has 0 aliphatic carbocycles. The summed E-state index contributed by atoms with van der Waals surface area (Å²) in [5.74, 6) is 2.57. The molecule has 0 radical (unpaired) electrons. The van der Waals surface area contributed by atoms with Crippen LogP contribution in [0, 0.1) is 0 Å². The smallest absolute Gasteiger partial charge is 0.303 e. The number of phenols is 1. The number of benzene rings is 4. The number of methoxy groups -OCH3 is 3. The molecule has 4 heterocycles. The summed E-state index contributed by atoms with van der Waals surface area (Å²) in [6.45, 7) is 3.86. The molecular weight excluding hydrogens is 873 g/mol.